The number of rotatable bonds is 5. The number of nitrogens with zero attached hydrogens (tertiary/aromatic N) is 1. The highest BCUT2D eigenvalue weighted by molar-refractivity contribution is 7.89. The molecule has 0 radical (unpaired) electrons. The molecule has 1 amide bonds. The summed E-state index contributed by atoms with van der Waals surface area (Å²) in [6.07, 6.45) is 2.87. The van der Waals surface area contributed by atoms with E-state index < -0.39 is 10.0 Å². The van der Waals surface area contributed by atoms with Crippen molar-refractivity contribution in [1.29, 1.82) is 0 Å². The molecule has 0 saturated carbocycles. The molecular weight excluding hydrogens is 352 g/mol. The first-order valence-corrected chi connectivity index (χ1v) is 10.1. The number of amides is 1. The van der Waals surface area contributed by atoms with Crippen molar-refractivity contribution in [1.82, 2.24) is 9.62 Å². The molecule has 0 aromatic heterocycles. The second kappa shape index (κ2) is 7.88. The molecule has 0 aliphatic carbocycles. The lowest BCUT2D eigenvalue weighted by molar-refractivity contribution is 0.0948. The Morgan fingerprint density at radius 2 is 1.65 bits per heavy atom. The number of carbonyl (C=O) groups excluding carboxylic acids is 1. The number of piperidine rings is 1. The summed E-state index contributed by atoms with van der Waals surface area (Å²) in [4.78, 5) is 12.4. The lowest BCUT2D eigenvalue weighted by Crippen LogP contribution is -2.35. The summed E-state index contributed by atoms with van der Waals surface area (Å²) >= 11 is 0. The van der Waals surface area contributed by atoms with Crippen LogP contribution in [0.4, 0.5) is 0 Å². The van der Waals surface area contributed by atoms with Gasteiger partial charge in [-0.05, 0) is 42.7 Å². The van der Waals surface area contributed by atoms with Crippen molar-refractivity contribution in [3.05, 3.63) is 59.7 Å². The summed E-state index contributed by atoms with van der Waals surface area (Å²) in [5.41, 5.74) is 0.989. The maximum absolute atomic E-state index is 12.6. The summed E-state index contributed by atoms with van der Waals surface area (Å²) in [6, 6.07) is 12.9. The molecule has 3 rings (SSSR count). The van der Waals surface area contributed by atoms with E-state index in [4.69, 9.17) is 0 Å². The first kappa shape index (κ1) is 18.4. The van der Waals surface area contributed by atoms with E-state index in [9.17, 15) is 18.3 Å². The molecule has 6 nitrogen and oxygen atoms in total. The minimum atomic E-state index is -3.45. The van der Waals surface area contributed by atoms with Crippen LogP contribution < -0.4 is 5.32 Å². The number of para-hydroxylation sites is 1. The van der Waals surface area contributed by atoms with Crippen LogP contribution in [0.15, 0.2) is 53.4 Å². The first-order valence-electron chi connectivity index (χ1n) is 8.64. The van der Waals surface area contributed by atoms with E-state index in [1.54, 1.807) is 42.5 Å². The Morgan fingerprint density at radius 1 is 1.00 bits per heavy atom. The van der Waals surface area contributed by atoms with Crippen molar-refractivity contribution in [3.63, 3.8) is 0 Å². The van der Waals surface area contributed by atoms with Crippen LogP contribution in [0.5, 0.6) is 5.75 Å². The van der Waals surface area contributed by atoms with Gasteiger partial charge in [-0.1, -0.05) is 30.7 Å². The molecule has 7 heteroatoms. The highest BCUT2D eigenvalue weighted by atomic mass is 32.2. The normalized spacial score (nSPS) is 15.5. The summed E-state index contributed by atoms with van der Waals surface area (Å²) in [5.74, 6) is -0.457. The van der Waals surface area contributed by atoms with Gasteiger partial charge in [-0.2, -0.15) is 4.31 Å². The number of phenolic OH excluding ortho intramolecular Hbond substituents is 1. The van der Waals surface area contributed by atoms with Crippen LogP contribution in [-0.2, 0) is 16.6 Å². The maximum atomic E-state index is 12.6. The van der Waals surface area contributed by atoms with Crippen LogP contribution in [0.25, 0.3) is 0 Å². The number of benzene rings is 2. The van der Waals surface area contributed by atoms with Gasteiger partial charge in [-0.15, -0.1) is 0 Å². The molecular formula is C19H22N2O4S. The van der Waals surface area contributed by atoms with E-state index >= 15 is 0 Å². The minimum absolute atomic E-state index is 0.0760. The van der Waals surface area contributed by atoms with Crippen molar-refractivity contribution in [2.24, 2.45) is 0 Å². The third-order valence-electron chi connectivity index (χ3n) is 4.48. The largest absolute Gasteiger partial charge is 0.507 e. The van der Waals surface area contributed by atoms with Crippen LogP contribution in [0.3, 0.4) is 0 Å². The molecule has 0 unspecified atom stereocenters. The number of aromatic hydroxyl groups is 1. The molecule has 1 aliphatic rings. The van der Waals surface area contributed by atoms with Crippen molar-refractivity contribution in [3.8, 4) is 5.75 Å². The lowest BCUT2D eigenvalue weighted by Gasteiger charge is -2.25. The van der Waals surface area contributed by atoms with Crippen LogP contribution in [0.1, 0.15) is 35.2 Å². The zero-order chi connectivity index (χ0) is 18.6. The standard InChI is InChI=1S/C19H22N2O4S/c22-18-7-3-2-6-17(18)19(23)20-14-15-8-10-16(11-9-15)26(24,25)21-12-4-1-5-13-21/h2-3,6-11,22H,1,4-5,12-14H2,(H,20,23). The van der Waals surface area contributed by atoms with Gasteiger partial charge in [0.2, 0.25) is 10.0 Å². The minimum Gasteiger partial charge on any atom is -0.507 e. The lowest BCUT2D eigenvalue weighted by atomic mass is 10.1. The number of phenols is 1. The predicted octanol–water partition coefficient (Wildman–Crippen LogP) is 2.50. The summed E-state index contributed by atoms with van der Waals surface area (Å²) in [5, 5.41) is 12.4. The molecule has 0 spiro atoms. The monoisotopic (exact) mass is 374 g/mol. The van der Waals surface area contributed by atoms with E-state index in [0.717, 1.165) is 24.8 Å². The molecule has 1 saturated heterocycles. The van der Waals surface area contributed by atoms with Crippen LogP contribution in [0.2, 0.25) is 0 Å². The van der Waals surface area contributed by atoms with Crippen molar-refractivity contribution < 1.29 is 18.3 Å². The Kier molecular flexibility index (Phi) is 5.58. The van der Waals surface area contributed by atoms with Gasteiger partial charge >= 0.3 is 0 Å². The van der Waals surface area contributed by atoms with E-state index in [0.29, 0.717) is 13.1 Å². The van der Waals surface area contributed by atoms with Crippen LogP contribution >= 0.6 is 0 Å². The predicted molar refractivity (Wildman–Crippen MR) is 98.3 cm³/mol. The van der Waals surface area contributed by atoms with Gasteiger partial charge in [0.15, 0.2) is 0 Å². The summed E-state index contributed by atoms with van der Waals surface area (Å²) in [7, 11) is -3.45. The van der Waals surface area contributed by atoms with Crippen molar-refractivity contribution >= 4 is 15.9 Å². The van der Waals surface area contributed by atoms with Gasteiger partial charge in [-0.3, -0.25) is 4.79 Å². The Bertz CT molecular complexity index is 873. The molecule has 1 heterocycles. The number of hydrogen-bond acceptors (Lipinski definition) is 4. The van der Waals surface area contributed by atoms with E-state index in [-0.39, 0.29) is 28.7 Å². The second-order valence-electron chi connectivity index (χ2n) is 6.31. The SMILES string of the molecule is O=C(NCc1ccc(S(=O)(=O)N2CCCCC2)cc1)c1ccccc1O. The molecule has 26 heavy (non-hydrogen) atoms. The summed E-state index contributed by atoms with van der Waals surface area (Å²) in [6.45, 7) is 1.39. The summed E-state index contributed by atoms with van der Waals surface area (Å²) < 4.78 is 26.8. The van der Waals surface area contributed by atoms with Crippen molar-refractivity contribution in [2.45, 2.75) is 30.7 Å². The number of carbonyl (C=O) groups is 1. The molecule has 2 N–H and O–H groups in total. The topological polar surface area (TPSA) is 86.7 Å². The number of hydrogen-bond donors (Lipinski definition) is 2. The van der Waals surface area contributed by atoms with Gasteiger partial charge in [0.1, 0.15) is 5.75 Å². The third-order valence-corrected chi connectivity index (χ3v) is 6.39. The molecule has 1 aliphatic heterocycles. The quantitative estimate of drug-likeness (QED) is 0.842. The Labute approximate surface area is 153 Å². The van der Waals surface area contributed by atoms with Crippen molar-refractivity contribution in [2.75, 3.05) is 13.1 Å². The van der Waals surface area contributed by atoms with Gasteiger partial charge in [0, 0.05) is 19.6 Å². The third kappa shape index (κ3) is 4.05. The van der Waals surface area contributed by atoms with E-state index in [1.807, 2.05) is 0 Å². The molecule has 138 valence electrons. The first-order chi connectivity index (χ1) is 12.5. The zero-order valence-corrected chi connectivity index (χ0v) is 15.2. The van der Waals surface area contributed by atoms with Gasteiger partial charge < -0.3 is 10.4 Å². The van der Waals surface area contributed by atoms with Gasteiger partial charge in [0.05, 0.1) is 10.5 Å². The Hall–Kier alpha value is -2.38. The molecule has 2 aromatic rings. The highest BCUT2D eigenvalue weighted by Crippen LogP contribution is 2.21. The molecule has 0 atom stereocenters. The highest BCUT2D eigenvalue weighted by Gasteiger charge is 2.25. The molecule has 2 aromatic carbocycles. The Morgan fingerprint density at radius 3 is 2.31 bits per heavy atom. The van der Waals surface area contributed by atoms with Crippen LogP contribution in [-0.4, -0.2) is 36.8 Å². The zero-order valence-electron chi connectivity index (χ0n) is 14.4. The maximum Gasteiger partial charge on any atom is 0.255 e. The number of nitrogens with one attached hydrogen (secondary N) is 1. The van der Waals surface area contributed by atoms with E-state index in [1.165, 1.54) is 10.4 Å². The molecule has 0 bridgehead atoms. The van der Waals surface area contributed by atoms with E-state index in [2.05, 4.69) is 5.32 Å². The van der Waals surface area contributed by atoms with Gasteiger partial charge in [0.25, 0.3) is 5.91 Å². The average Bonchev–Trinajstić information content (AvgIpc) is 2.67. The average molecular weight is 374 g/mol. The smallest absolute Gasteiger partial charge is 0.255 e. The van der Waals surface area contributed by atoms with Crippen LogP contribution in [0, 0.1) is 0 Å². The number of sulfonamides is 1. The Balaban J connectivity index is 1.64. The fourth-order valence-electron chi connectivity index (χ4n) is 2.98. The fourth-order valence-corrected chi connectivity index (χ4v) is 4.49. The fraction of sp³-hybridized carbons (Fsp3) is 0.316. The second-order valence-corrected chi connectivity index (χ2v) is 8.25. The molecule has 1 fully saturated rings. The van der Waals surface area contributed by atoms with Gasteiger partial charge in [-0.25, -0.2) is 8.42 Å².